The summed E-state index contributed by atoms with van der Waals surface area (Å²) in [6, 6.07) is 4.82. The summed E-state index contributed by atoms with van der Waals surface area (Å²) in [5.41, 5.74) is 1.18. The molecule has 0 aromatic carbocycles. The molecule has 0 aliphatic rings. The van der Waals surface area contributed by atoms with Crippen LogP contribution in [0.3, 0.4) is 0 Å². The number of aromatic nitrogens is 2. The number of imidazole rings is 1. The van der Waals surface area contributed by atoms with Gasteiger partial charge >= 0.3 is 0 Å². The highest BCUT2D eigenvalue weighted by molar-refractivity contribution is 7.15. The minimum atomic E-state index is 0.471. The van der Waals surface area contributed by atoms with Crippen LogP contribution in [0, 0.1) is 0 Å². The lowest BCUT2D eigenvalue weighted by Crippen LogP contribution is -2.33. The monoisotopic (exact) mass is 305 g/mol. The van der Waals surface area contributed by atoms with Crippen LogP contribution in [0.5, 0.6) is 0 Å². The van der Waals surface area contributed by atoms with E-state index < -0.39 is 0 Å². The lowest BCUT2D eigenvalue weighted by Gasteiger charge is -2.16. The van der Waals surface area contributed by atoms with Gasteiger partial charge in [0, 0.05) is 35.1 Å². The van der Waals surface area contributed by atoms with Gasteiger partial charge in [-0.3, -0.25) is 4.40 Å². The molecule has 1 N–H and O–H groups in total. The van der Waals surface area contributed by atoms with Crippen molar-refractivity contribution >= 4 is 27.6 Å². The number of nitrogens with zero attached hydrogens (tertiary/aromatic N) is 2. The molecule has 20 heavy (non-hydrogen) atoms. The fourth-order valence-corrected chi connectivity index (χ4v) is 3.87. The molecule has 0 saturated heterocycles. The fraction of sp³-hybridized carbons (Fsp3) is 0.400. The average molecular weight is 305 g/mol. The maximum atomic E-state index is 4.69. The van der Waals surface area contributed by atoms with E-state index in [0.29, 0.717) is 6.04 Å². The quantitative estimate of drug-likeness (QED) is 0.722. The van der Waals surface area contributed by atoms with Gasteiger partial charge in [-0.05, 0) is 30.8 Å². The van der Waals surface area contributed by atoms with E-state index in [4.69, 9.17) is 4.98 Å². The standard InChI is InChI=1S/C15H19N3S2/c1-2-5-16-12(10-14-4-3-7-19-14)9-13-11-18-6-8-20-15(18)17-13/h3-4,6-8,11-12,16H,2,5,9-10H2,1H3. The Morgan fingerprint density at radius 2 is 2.25 bits per heavy atom. The zero-order valence-corrected chi connectivity index (χ0v) is 13.2. The van der Waals surface area contributed by atoms with Gasteiger partial charge in [0.25, 0.3) is 0 Å². The van der Waals surface area contributed by atoms with Crippen molar-refractivity contribution in [3.63, 3.8) is 0 Å². The number of fused-ring (bicyclic) bond motifs is 1. The Bertz CT molecular complexity index is 610. The van der Waals surface area contributed by atoms with Crippen molar-refractivity contribution in [2.24, 2.45) is 0 Å². The van der Waals surface area contributed by atoms with Crippen LogP contribution in [-0.2, 0) is 12.8 Å². The summed E-state index contributed by atoms with van der Waals surface area (Å²) in [4.78, 5) is 7.23. The Kier molecular flexibility index (Phi) is 4.50. The van der Waals surface area contributed by atoms with Gasteiger partial charge in [0.05, 0.1) is 5.69 Å². The molecule has 0 radical (unpaired) electrons. The van der Waals surface area contributed by atoms with Gasteiger partial charge in [-0.1, -0.05) is 13.0 Å². The molecular weight excluding hydrogens is 286 g/mol. The molecule has 0 spiro atoms. The molecule has 1 unspecified atom stereocenters. The third-order valence-electron chi connectivity index (χ3n) is 3.31. The van der Waals surface area contributed by atoms with Gasteiger partial charge in [-0.2, -0.15) is 0 Å². The van der Waals surface area contributed by atoms with Crippen molar-refractivity contribution in [3.8, 4) is 0 Å². The molecule has 0 amide bonds. The van der Waals surface area contributed by atoms with Crippen LogP contribution in [0.15, 0.2) is 35.3 Å². The number of rotatable bonds is 7. The van der Waals surface area contributed by atoms with Crippen molar-refractivity contribution in [3.05, 3.63) is 45.9 Å². The van der Waals surface area contributed by atoms with Gasteiger partial charge in [-0.15, -0.1) is 22.7 Å². The molecule has 0 fully saturated rings. The molecular formula is C15H19N3S2. The van der Waals surface area contributed by atoms with E-state index >= 15 is 0 Å². The van der Waals surface area contributed by atoms with Crippen molar-refractivity contribution in [2.75, 3.05) is 6.54 Å². The summed E-state index contributed by atoms with van der Waals surface area (Å²) in [7, 11) is 0. The lowest BCUT2D eigenvalue weighted by atomic mass is 10.1. The van der Waals surface area contributed by atoms with E-state index in [1.165, 1.54) is 17.0 Å². The molecule has 0 aliphatic heterocycles. The first-order valence-electron chi connectivity index (χ1n) is 7.02. The first-order valence-corrected chi connectivity index (χ1v) is 8.78. The summed E-state index contributed by atoms with van der Waals surface area (Å²) in [5.74, 6) is 0. The van der Waals surface area contributed by atoms with E-state index in [-0.39, 0.29) is 0 Å². The molecule has 0 aliphatic carbocycles. The SMILES string of the molecule is CCCNC(Cc1cn2ccsc2n1)Cc1cccs1. The van der Waals surface area contributed by atoms with Crippen LogP contribution in [-0.4, -0.2) is 22.0 Å². The molecule has 106 valence electrons. The van der Waals surface area contributed by atoms with Crippen LogP contribution in [0.1, 0.15) is 23.9 Å². The van der Waals surface area contributed by atoms with Gasteiger partial charge in [0.2, 0.25) is 0 Å². The summed E-state index contributed by atoms with van der Waals surface area (Å²) in [6.07, 6.45) is 7.47. The number of thiophene rings is 1. The van der Waals surface area contributed by atoms with Gasteiger partial charge in [0.15, 0.2) is 4.96 Å². The first kappa shape index (κ1) is 13.8. The van der Waals surface area contributed by atoms with Crippen molar-refractivity contribution in [2.45, 2.75) is 32.2 Å². The molecule has 5 heteroatoms. The van der Waals surface area contributed by atoms with Gasteiger partial charge in [-0.25, -0.2) is 4.98 Å². The smallest absolute Gasteiger partial charge is 0.193 e. The van der Waals surface area contributed by atoms with E-state index in [9.17, 15) is 0 Å². The summed E-state index contributed by atoms with van der Waals surface area (Å²) >= 11 is 3.53. The Labute approximate surface area is 127 Å². The van der Waals surface area contributed by atoms with E-state index in [1.807, 2.05) is 11.3 Å². The third-order valence-corrected chi connectivity index (χ3v) is 4.98. The first-order chi connectivity index (χ1) is 9.85. The number of hydrogen-bond acceptors (Lipinski definition) is 4. The Balaban J connectivity index is 1.69. The van der Waals surface area contributed by atoms with E-state index in [2.05, 4.69) is 51.9 Å². The van der Waals surface area contributed by atoms with Gasteiger partial charge in [0.1, 0.15) is 0 Å². The number of nitrogens with one attached hydrogen (secondary N) is 1. The fourth-order valence-electron chi connectivity index (χ4n) is 2.36. The minimum absolute atomic E-state index is 0.471. The molecule has 3 heterocycles. The molecule has 0 bridgehead atoms. The normalized spacial score (nSPS) is 13.1. The predicted octanol–water partition coefficient (Wildman–Crippen LogP) is 3.61. The van der Waals surface area contributed by atoms with E-state index in [0.717, 1.165) is 24.3 Å². The number of hydrogen-bond donors (Lipinski definition) is 1. The highest BCUT2D eigenvalue weighted by Gasteiger charge is 2.13. The van der Waals surface area contributed by atoms with Crippen molar-refractivity contribution in [1.82, 2.24) is 14.7 Å². The van der Waals surface area contributed by atoms with Crippen LogP contribution < -0.4 is 5.32 Å². The largest absolute Gasteiger partial charge is 0.313 e. The van der Waals surface area contributed by atoms with Crippen molar-refractivity contribution < 1.29 is 0 Å². The molecule has 3 aromatic rings. The second kappa shape index (κ2) is 6.52. The zero-order chi connectivity index (χ0) is 13.8. The molecule has 3 aromatic heterocycles. The Morgan fingerprint density at radius 3 is 3.00 bits per heavy atom. The molecule has 3 rings (SSSR count). The lowest BCUT2D eigenvalue weighted by molar-refractivity contribution is 0.504. The second-order valence-corrected chi connectivity index (χ2v) is 6.87. The maximum absolute atomic E-state index is 4.69. The predicted molar refractivity (Wildman–Crippen MR) is 86.9 cm³/mol. The number of thiazole rings is 1. The Hall–Kier alpha value is -1.17. The summed E-state index contributed by atoms with van der Waals surface area (Å²) < 4.78 is 2.11. The van der Waals surface area contributed by atoms with E-state index in [1.54, 1.807) is 11.3 Å². The third kappa shape index (κ3) is 3.29. The highest BCUT2D eigenvalue weighted by atomic mass is 32.1. The maximum Gasteiger partial charge on any atom is 0.193 e. The van der Waals surface area contributed by atoms with Crippen LogP contribution in [0.25, 0.3) is 4.96 Å². The Morgan fingerprint density at radius 1 is 1.30 bits per heavy atom. The van der Waals surface area contributed by atoms with Crippen molar-refractivity contribution in [1.29, 1.82) is 0 Å². The van der Waals surface area contributed by atoms with Crippen LogP contribution >= 0.6 is 22.7 Å². The molecule has 0 saturated carbocycles. The van der Waals surface area contributed by atoms with Gasteiger partial charge < -0.3 is 5.32 Å². The summed E-state index contributed by atoms with van der Waals surface area (Å²) in [6.45, 7) is 3.28. The minimum Gasteiger partial charge on any atom is -0.313 e. The van der Waals surface area contributed by atoms with Crippen LogP contribution in [0.4, 0.5) is 0 Å². The zero-order valence-electron chi connectivity index (χ0n) is 11.6. The molecule has 3 nitrogen and oxygen atoms in total. The molecule has 1 atom stereocenters. The topological polar surface area (TPSA) is 29.3 Å². The highest BCUT2D eigenvalue weighted by Crippen LogP contribution is 2.16. The average Bonchev–Trinajstić information content (AvgIpc) is 3.12. The second-order valence-electron chi connectivity index (χ2n) is 4.96. The summed E-state index contributed by atoms with van der Waals surface area (Å²) in [5, 5.41) is 7.88. The van der Waals surface area contributed by atoms with Crippen LogP contribution in [0.2, 0.25) is 0 Å².